The van der Waals surface area contributed by atoms with Crippen LogP contribution in [0.1, 0.15) is 37.2 Å². The van der Waals surface area contributed by atoms with E-state index in [-0.39, 0.29) is 17.0 Å². The van der Waals surface area contributed by atoms with Gasteiger partial charge in [-0.05, 0) is 23.6 Å². The van der Waals surface area contributed by atoms with Gasteiger partial charge in [-0.1, -0.05) is 20.8 Å². The molecule has 1 aliphatic heterocycles. The summed E-state index contributed by atoms with van der Waals surface area (Å²) in [5.74, 6) is -1.82. The number of carboxylic acid groups (broad SMARTS) is 1. The molecular formula is C20H19FN4O3. The molecule has 0 saturated heterocycles. The molecule has 8 heteroatoms. The molecule has 28 heavy (non-hydrogen) atoms. The molecule has 144 valence electrons. The highest BCUT2D eigenvalue weighted by molar-refractivity contribution is 5.87. The van der Waals surface area contributed by atoms with Gasteiger partial charge in [0.2, 0.25) is 5.95 Å². The summed E-state index contributed by atoms with van der Waals surface area (Å²) in [6, 6.07) is 5.91. The van der Waals surface area contributed by atoms with Gasteiger partial charge in [0.25, 0.3) is 0 Å². The zero-order valence-corrected chi connectivity index (χ0v) is 15.7. The number of aromatic nitrogens is 4. The number of rotatable bonds is 2. The Bertz CT molecular complexity index is 1140. The van der Waals surface area contributed by atoms with E-state index in [2.05, 4.69) is 30.9 Å². The monoisotopic (exact) mass is 382 g/mol. The van der Waals surface area contributed by atoms with Gasteiger partial charge < -0.3 is 9.67 Å². The van der Waals surface area contributed by atoms with E-state index in [0.717, 1.165) is 0 Å². The first-order valence-electron chi connectivity index (χ1n) is 8.85. The lowest BCUT2D eigenvalue weighted by molar-refractivity contribution is 0.0693. The Morgan fingerprint density at radius 1 is 1.25 bits per heavy atom. The summed E-state index contributed by atoms with van der Waals surface area (Å²) in [6.07, 6.45) is 2.83. The zero-order valence-electron chi connectivity index (χ0n) is 15.7. The molecule has 0 radical (unpaired) electrons. The molecule has 0 unspecified atom stereocenters. The van der Waals surface area contributed by atoms with Gasteiger partial charge in [-0.3, -0.25) is 9.48 Å². The fourth-order valence-corrected chi connectivity index (χ4v) is 3.55. The second-order valence-electron chi connectivity index (χ2n) is 8.00. The average Bonchev–Trinajstić information content (AvgIpc) is 3.04. The van der Waals surface area contributed by atoms with E-state index in [1.807, 2.05) is 9.25 Å². The van der Waals surface area contributed by atoms with Crippen LogP contribution in [0, 0.1) is 11.4 Å². The molecule has 3 aromatic rings. The molecular weight excluding hydrogens is 363 g/mol. The zero-order chi connectivity index (χ0) is 20.2. The summed E-state index contributed by atoms with van der Waals surface area (Å²) in [5.41, 5.74) is 1.56. The molecule has 7 nitrogen and oxygen atoms in total. The minimum Gasteiger partial charge on any atom is -0.477 e. The molecule has 0 saturated carbocycles. The van der Waals surface area contributed by atoms with Gasteiger partial charge in [0.15, 0.2) is 5.43 Å². The van der Waals surface area contributed by atoms with E-state index in [1.165, 1.54) is 24.5 Å². The van der Waals surface area contributed by atoms with Crippen LogP contribution in [-0.2, 0) is 6.54 Å². The Kier molecular flexibility index (Phi) is 3.95. The van der Waals surface area contributed by atoms with Gasteiger partial charge in [-0.25, -0.2) is 9.78 Å². The van der Waals surface area contributed by atoms with Crippen LogP contribution in [0.25, 0.3) is 22.6 Å². The molecule has 1 aliphatic rings. The highest BCUT2D eigenvalue weighted by Crippen LogP contribution is 2.40. The van der Waals surface area contributed by atoms with Crippen molar-refractivity contribution in [2.45, 2.75) is 33.4 Å². The van der Waals surface area contributed by atoms with Crippen molar-refractivity contribution in [2.75, 3.05) is 0 Å². The number of nitrogens with zero attached hydrogens (tertiary/aromatic N) is 4. The molecule has 4 heterocycles. The summed E-state index contributed by atoms with van der Waals surface area (Å²) in [6.45, 7) is 6.68. The molecule has 0 aliphatic carbocycles. The van der Waals surface area contributed by atoms with Crippen LogP contribution in [0.4, 0.5) is 4.39 Å². The van der Waals surface area contributed by atoms with Gasteiger partial charge in [0.05, 0.1) is 29.7 Å². The van der Waals surface area contributed by atoms with Crippen molar-refractivity contribution in [3.05, 3.63) is 58.4 Å². The lowest BCUT2D eigenvalue weighted by Crippen LogP contribution is -2.35. The fraction of sp³-hybridized carbons (Fsp3) is 0.300. The number of halogens is 1. The third-order valence-corrected chi connectivity index (χ3v) is 5.06. The van der Waals surface area contributed by atoms with Gasteiger partial charge in [-0.2, -0.15) is 9.49 Å². The Hall–Kier alpha value is -3.29. The average molecular weight is 382 g/mol. The van der Waals surface area contributed by atoms with E-state index < -0.39 is 17.3 Å². The first kappa shape index (κ1) is 18.1. The van der Waals surface area contributed by atoms with E-state index in [4.69, 9.17) is 0 Å². The first-order valence-corrected chi connectivity index (χ1v) is 8.85. The van der Waals surface area contributed by atoms with Crippen molar-refractivity contribution in [1.29, 1.82) is 0 Å². The third kappa shape index (κ3) is 2.90. The highest BCUT2D eigenvalue weighted by Gasteiger charge is 2.34. The summed E-state index contributed by atoms with van der Waals surface area (Å²) in [4.78, 5) is 27.5. The minimum atomic E-state index is -1.25. The minimum absolute atomic E-state index is 0.104. The fourth-order valence-electron chi connectivity index (χ4n) is 3.55. The Morgan fingerprint density at radius 3 is 2.61 bits per heavy atom. The summed E-state index contributed by atoms with van der Waals surface area (Å²) >= 11 is 0. The van der Waals surface area contributed by atoms with Gasteiger partial charge in [0, 0.05) is 24.0 Å². The standard InChI is InChI=1S/C20H19FN4O3/c1-20(2,3)17-10-25-15(6-13(23-25)11-4-5-18(21)22-8-11)14-7-16(26)12(19(27)28)9-24(14)17/h4-9,17H,10H2,1-3H3,(H,27,28)/t17-/m0/s1. The van der Waals surface area contributed by atoms with Crippen molar-refractivity contribution in [3.8, 4) is 22.6 Å². The largest absolute Gasteiger partial charge is 0.477 e. The molecule has 0 aromatic carbocycles. The lowest BCUT2D eigenvalue weighted by atomic mass is 9.85. The first-order chi connectivity index (χ1) is 13.1. The van der Waals surface area contributed by atoms with Crippen LogP contribution in [0.2, 0.25) is 0 Å². The predicted molar refractivity (Wildman–Crippen MR) is 101 cm³/mol. The second-order valence-corrected chi connectivity index (χ2v) is 8.00. The predicted octanol–water partition coefficient (Wildman–Crippen LogP) is 3.21. The molecule has 0 fully saturated rings. The molecule has 0 spiro atoms. The second kappa shape index (κ2) is 6.12. The van der Waals surface area contributed by atoms with Crippen molar-refractivity contribution in [2.24, 2.45) is 5.41 Å². The molecule has 1 atom stereocenters. The summed E-state index contributed by atoms with van der Waals surface area (Å²) < 4.78 is 16.8. The quantitative estimate of drug-likeness (QED) is 0.688. The van der Waals surface area contributed by atoms with Gasteiger partial charge >= 0.3 is 5.97 Å². The van der Waals surface area contributed by atoms with Gasteiger partial charge in [-0.15, -0.1) is 0 Å². The van der Waals surface area contributed by atoms with Crippen LogP contribution in [0.3, 0.4) is 0 Å². The van der Waals surface area contributed by atoms with Crippen LogP contribution < -0.4 is 5.43 Å². The van der Waals surface area contributed by atoms with Crippen LogP contribution >= 0.6 is 0 Å². The highest BCUT2D eigenvalue weighted by atomic mass is 19.1. The van der Waals surface area contributed by atoms with Crippen molar-refractivity contribution >= 4 is 5.97 Å². The van der Waals surface area contributed by atoms with E-state index in [9.17, 15) is 19.1 Å². The van der Waals surface area contributed by atoms with E-state index >= 15 is 0 Å². The molecule has 1 N–H and O–H groups in total. The molecule has 3 aromatic heterocycles. The summed E-state index contributed by atoms with van der Waals surface area (Å²) in [5, 5.41) is 14.0. The third-order valence-electron chi connectivity index (χ3n) is 5.06. The maximum Gasteiger partial charge on any atom is 0.341 e. The summed E-state index contributed by atoms with van der Waals surface area (Å²) in [7, 11) is 0. The normalized spacial score (nSPS) is 15.8. The van der Waals surface area contributed by atoms with Crippen LogP contribution in [0.15, 0.2) is 41.5 Å². The number of aromatic carboxylic acids is 1. The van der Waals surface area contributed by atoms with Crippen molar-refractivity contribution in [3.63, 3.8) is 0 Å². The van der Waals surface area contributed by atoms with Crippen molar-refractivity contribution < 1.29 is 14.3 Å². The van der Waals surface area contributed by atoms with Crippen molar-refractivity contribution in [1.82, 2.24) is 19.3 Å². The molecule has 4 rings (SSSR count). The Labute approximate surface area is 160 Å². The van der Waals surface area contributed by atoms with Gasteiger partial charge in [0.1, 0.15) is 5.56 Å². The SMILES string of the molecule is CC(C)(C)[C@@H]1Cn2nc(-c3ccc(F)nc3)cc2-c2cc(=O)c(C(=O)O)cn21. The number of carbonyl (C=O) groups is 1. The van der Waals surface area contributed by atoms with Crippen LogP contribution in [0.5, 0.6) is 0 Å². The molecule has 0 bridgehead atoms. The molecule has 0 amide bonds. The smallest absolute Gasteiger partial charge is 0.341 e. The maximum atomic E-state index is 13.1. The Balaban J connectivity index is 1.93. The number of hydrogen-bond acceptors (Lipinski definition) is 4. The Morgan fingerprint density at radius 2 is 2.00 bits per heavy atom. The number of hydrogen-bond donors (Lipinski definition) is 1. The van der Waals surface area contributed by atoms with E-state index in [1.54, 1.807) is 12.1 Å². The van der Waals surface area contributed by atoms with E-state index in [0.29, 0.717) is 29.2 Å². The maximum absolute atomic E-state index is 13.1. The lowest BCUT2D eigenvalue weighted by Gasteiger charge is -2.38. The topological polar surface area (TPSA) is 90.0 Å². The van der Waals surface area contributed by atoms with Crippen LogP contribution in [-0.4, -0.2) is 30.4 Å². The number of carboxylic acids is 1. The number of fused-ring (bicyclic) bond motifs is 3. The number of pyridine rings is 2.